The van der Waals surface area contributed by atoms with Crippen LogP contribution in [0.3, 0.4) is 0 Å². The molecular weight excluding hydrogens is 246 g/mol. The van der Waals surface area contributed by atoms with Crippen molar-refractivity contribution >= 4 is 11.9 Å². The third kappa shape index (κ3) is 3.12. The molecule has 1 fully saturated rings. The Balaban J connectivity index is 2.16. The summed E-state index contributed by atoms with van der Waals surface area (Å²) in [6, 6.07) is 7.28. The number of ether oxygens (including phenoxy) is 1. The van der Waals surface area contributed by atoms with Gasteiger partial charge in [-0.3, -0.25) is 4.79 Å². The number of amides is 1. The Kier molecular flexibility index (Phi) is 3.85. The second-order valence-corrected chi connectivity index (χ2v) is 4.85. The Hall–Kier alpha value is -1.88. The SMILES string of the molecule is Cc1cccc(C(=O)N2CC(C(=O)O)O[C@H](C)C2)c1. The van der Waals surface area contributed by atoms with E-state index < -0.39 is 12.1 Å². The number of morpholine rings is 1. The van der Waals surface area contributed by atoms with Crippen molar-refractivity contribution in [1.82, 2.24) is 4.90 Å². The van der Waals surface area contributed by atoms with E-state index in [0.717, 1.165) is 5.56 Å². The zero-order chi connectivity index (χ0) is 14.0. The van der Waals surface area contributed by atoms with Crippen molar-refractivity contribution in [3.63, 3.8) is 0 Å². The molecule has 1 unspecified atom stereocenters. The number of hydrogen-bond donors (Lipinski definition) is 1. The van der Waals surface area contributed by atoms with Crippen LogP contribution < -0.4 is 0 Å². The Morgan fingerprint density at radius 1 is 1.37 bits per heavy atom. The lowest BCUT2D eigenvalue weighted by Crippen LogP contribution is -2.51. The zero-order valence-electron chi connectivity index (χ0n) is 11.0. The topological polar surface area (TPSA) is 66.8 Å². The van der Waals surface area contributed by atoms with Crippen LogP contribution in [0.1, 0.15) is 22.8 Å². The molecule has 1 N–H and O–H groups in total. The summed E-state index contributed by atoms with van der Waals surface area (Å²) in [6.07, 6.45) is -1.22. The van der Waals surface area contributed by atoms with Crippen LogP contribution in [0, 0.1) is 6.92 Å². The van der Waals surface area contributed by atoms with Gasteiger partial charge in [0.15, 0.2) is 6.10 Å². The minimum absolute atomic E-state index is 0.0897. The molecule has 0 radical (unpaired) electrons. The number of benzene rings is 1. The fraction of sp³-hybridized carbons (Fsp3) is 0.429. The van der Waals surface area contributed by atoms with Gasteiger partial charge in [0.05, 0.1) is 12.6 Å². The highest BCUT2D eigenvalue weighted by atomic mass is 16.5. The Bertz CT molecular complexity index is 500. The van der Waals surface area contributed by atoms with Crippen LogP contribution in [-0.2, 0) is 9.53 Å². The molecule has 2 atom stereocenters. The summed E-state index contributed by atoms with van der Waals surface area (Å²) in [4.78, 5) is 24.9. The van der Waals surface area contributed by atoms with Gasteiger partial charge in [0.2, 0.25) is 0 Å². The standard InChI is InChI=1S/C14H17NO4/c1-9-4-3-5-11(6-9)13(16)15-7-10(2)19-12(8-15)14(17)18/h3-6,10,12H,7-8H2,1-2H3,(H,17,18)/t10-,12?/m1/s1. The number of hydrogen-bond acceptors (Lipinski definition) is 3. The molecular formula is C14H17NO4. The van der Waals surface area contributed by atoms with Crippen molar-refractivity contribution in [2.45, 2.75) is 26.1 Å². The third-order valence-electron chi connectivity index (χ3n) is 3.09. The Morgan fingerprint density at radius 3 is 2.74 bits per heavy atom. The highest BCUT2D eigenvalue weighted by molar-refractivity contribution is 5.94. The van der Waals surface area contributed by atoms with E-state index in [-0.39, 0.29) is 18.6 Å². The van der Waals surface area contributed by atoms with Crippen LogP contribution in [0.15, 0.2) is 24.3 Å². The minimum atomic E-state index is -1.03. The van der Waals surface area contributed by atoms with E-state index in [9.17, 15) is 9.59 Å². The fourth-order valence-corrected chi connectivity index (χ4v) is 2.21. The number of aliphatic carboxylic acids is 1. The van der Waals surface area contributed by atoms with Crippen molar-refractivity contribution in [3.05, 3.63) is 35.4 Å². The van der Waals surface area contributed by atoms with Crippen molar-refractivity contribution in [1.29, 1.82) is 0 Å². The van der Waals surface area contributed by atoms with Gasteiger partial charge in [-0.15, -0.1) is 0 Å². The molecule has 1 saturated heterocycles. The average molecular weight is 263 g/mol. The first-order chi connectivity index (χ1) is 8.97. The van der Waals surface area contributed by atoms with Crippen LogP contribution in [0.5, 0.6) is 0 Å². The lowest BCUT2D eigenvalue weighted by molar-refractivity contribution is -0.160. The number of carbonyl (C=O) groups excluding carboxylic acids is 1. The van der Waals surface area contributed by atoms with Crippen molar-refractivity contribution in [2.24, 2.45) is 0 Å². The van der Waals surface area contributed by atoms with Crippen LogP contribution in [0.25, 0.3) is 0 Å². The second-order valence-electron chi connectivity index (χ2n) is 4.85. The molecule has 1 aliphatic rings. The maximum absolute atomic E-state index is 12.3. The molecule has 1 aliphatic heterocycles. The Labute approximate surface area is 111 Å². The molecule has 5 heteroatoms. The molecule has 102 valence electrons. The van der Waals surface area contributed by atoms with Gasteiger partial charge in [0.1, 0.15) is 0 Å². The average Bonchev–Trinajstić information content (AvgIpc) is 2.37. The molecule has 0 aliphatic carbocycles. The third-order valence-corrected chi connectivity index (χ3v) is 3.09. The van der Waals surface area contributed by atoms with Gasteiger partial charge in [-0.05, 0) is 26.0 Å². The number of carbonyl (C=O) groups is 2. The molecule has 0 aromatic heterocycles. The highest BCUT2D eigenvalue weighted by Gasteiger charge is 2.32. The Morgan fingerprint density at radius 2 is 2.11 bits per heavy atom. The molecule has 5 nitrogen and oxygen atoms in total. The number of carboxylic acids is 1. The van der Waals surface area contributed by atoms with Gasteiger partial charge < -0.3 is 14.7 Å². The van der Waals surface area contributed by atoms with Crippen LogP contribution in [-0.4, -0.2) is 47.2 Å². The summed E-state index contributed by atoms with van der Waals surface area (Å²) in [5, 5.41) is 9.01. The molecule has 1 amide bonds. The van der Waals surface area contributed by atoms with E-state index in [4.69, 9.17) is 9.84 Å². The molecule has 0 bridgehead atoms. The summed E-state index contributed by atoms with van der Waals surface area (Å²) >= 11 is 0. The van der Waals surface area contributed by atoms with Crippen molar-refractivity contribution in [2.75, 3.05) is 13.1 Å². The number of rotatable bonds is 2. The molecule has 1 heterocycles. The van der Waals surface area contributed by atoms with Crippen LogP contribution in [0.4, 0.5) is 0 Å². The van der Waals surface area contributed by atoms with Gasteiger partial charge in [0, 0.05) is 12.1 Å². The number of nitrogens with zero attached hydrogens (tertiary/aromatic N) is 1. The quantitative estimate of drug-likeness (QED) is 0.873. The first kappa shape index (κ1) is 13.5. The molecule has 2 rings (SSSR count). The maximum atomic E-state index is 12.3. The summed E-state index contributed by atoms with van der Waals surface area (Å²) < 4.78 is 5.29. The summed E-state index contributed by atoms with van der Waals surface area (Å²) in [5.74, 6) is -1.18. The molecule has 0 saturated carbocycles. The monoisotopic (exact) mass is 263 g/mol. The van der Waals surface area contributed by atoms with E-state index in [1.54, 1.807) is 24.0 Å². The number of carboxylic acid groups (broad SMARTS) is 1. The van der Waals surface area contributed by atoms with E-state index in [0.29, 0.717) is 12.1 Å². The largest absolute Gasteiger partial charge is 0.479 e. The van der Waals surface area contributed by atoms with Crippen molar-refractivity contribution < 1.29 is 19.4 Å². The van der Waals surface area contributed by atoms with Crippen molar-refractivity contribution in [3.8, 4) is 0 Å². The van der Waals surface area contributed by atoms with E-state index in [1.165, 1.54) is 0 Å². The van der Waals surface area contributed by atoms with E-state index in [2.05, 4.69) is 0 Å². The molecule has 19 heavy (non-hydrogen) atoms. The van der Waals surface area contributed by atoms with Gasteiger partial charge >= 0.3 is 5.97 Å². The normalized spacial score (nSPS) is 23.2. The van der Waals surface area contributed by atoms with Gasteiger partial charge in [-0.25, -0.2) is 4.79 Å². The van der Waals surface area contributed by atoms with E-state index in [1.807, 2.05) is 19.1 Å². The lowest BCUT2D eigenvalue weighted by Gasteiger charge is -2.35. The molecule has 1 aromatic rings. The maximum Gasteiger partial charge on any atom is 0.334 e. The zero-order valence-corrected chi connectivity index (χ0v) is 11.0. The number of aryl methyl sites for hydroxylation is 1. The minimum Gasteiger partial charge on any atom is -0.479 e. The van der Waals surface area contributed by atoms with Crippen LogP contribution >= 0.6 is 0 Å². The summed E-state index contributed by atoms with van der Waals surface area (Å²) in [5.41, 5.74) is 1.58. The fourth-order valence-electron chi connectivity index (χ4n) is 2.21. The molecule has 0 spiro atoms. The lowest BCUT2D eigenvalue weighted by atomic mass is 10.1. The van der Waals surface area contributed by atoms with E-state index >= 15 is 0 Å². The molecule has 1 aromatic carbocycles. The predicted molar refractivity (Wildman–Crippen MR) is 69.1 cm³/mol. The van der Waals surface area contributed by atoms with Crippen LogP contribution in [0.2, 0.25) is 0 Å². The summed E-state index contributed by atoms with van der Waals surface area (Å²) in [7, 11) is 0. The van der Waals surface area contributed by atoms with Gasteiger partial charge in [0.25, 0.3) is 5.91 Å². The first-order valence-corrected chi connectivity index (χ1v) is 6.21. The van der Waals surface area contributed by atoms with Gasteiger partial charge in [-0.2, -0.15) is 0 Å². The predicted octanol–water partition coefficient (Wildman–Crippen LogP) is 1.31. The second kappa shape index (κ2) is 5.40. The first-order valence-electron chi connectivity index (χ1n) is 6.21. The van der Waals surface area contributed by atoms with Gasteiger partial charge in [-0.1, -0.05) is 17.7 Å². The highest BCUT2D eigenvalue weighted by Crippen LogP contribution is 2.15. The smallest absolute Gasteiger partial charge is 0.334 e. The summed E-state index contributed by atoms with van der Waals surface area (Å²) in [6.45, 7) is 4.19.